The van der Waals surface area contributed by atoms with Crippen LogP contribution in [0.5, 0.6) is 0 Å². The molecule has 0 radical (unpaired) electrons. The summed E-state index contributed by atoms with van der Waals surface area (Å²) in [6, 6.07) is 1.85. The van der Waals surface area contributed by atoms with Gasteiger partial charge >= 0.3 is 0 Å². The van der Waals surface area contributed by atoms with Crippen molar-refractivity contribution < 1.29 is 4.52 Å². The van der Waals surface area contributed by atoms with Gasteiger partial charge in [0.05, 0.1) is 6.54 Å². The third-order valence-corrected chi connectivity index (χ3v) is 2.78. The summed E-state index contributed by atoms with van der Waals surface area (Å²) in [5.74, 6) is 2.68. The van der Waals surface area contributed by atoms with Crippen molar-refractivity contribution in [1.29, 1.82) is 0 Å². The molecule has 0 unspecified atom stereocenters. The molecule has 2 N–H and O–H groups in total. The third kappa shape index (κ3) is 3.82. The number of thioether (sulfide) groups is 1. The van der Waals surface area contributed by atoms with E-state index in [4.69, 9.17) is 4.52 Å². The normalized spacial score (nSPS) is 10.5. The number of aromatic nitrogens is 4. The standard InChI is InChI=1S/C11H16N6OS/c1-4-12-8-5-9(16-11(15-8)19-3)13-6-10-14-7(2)17-18-10/h5H,4,6H2,1-3H3,(H2,12,13,15,16). The average Bonchev–Trinajstić information content (AvgIpc) is 2.82. The summed E-state index contributed by atoms with van der Waals surface area (Å²) >= 11 is 1.50. The summed E-state index contributed by atoms with van der Waals surface area (Å²) in [6.45, 7) is 5.06. The molecule has 2 aromatic rings. The fraction of sp³-hybridized carbons (Fsp3) is 0.455. The lowest BCUT2D eigenvalue weighted by Crippen LogP contribution is -2.06. The molecule has 2 aromatic heterocycles. The van der Waals surface area contributed by atoms with Crippen LogP contribution in [-0.4, -0.2) is 32.9 Å². The maximum absolute atomic E-state index is 5.03. The zero-order valence-electron chi connectivity index (χ0n) is 11.1. The van der Waals surface area contributed by atoms with E-state index in [1.807, 2.05) is 19.2 Å². The second-order valence-corrected chi connectivity index (χ2v) is 4.52. The van der Waals surface area contributed by atoms with Gasteiger partial charge in [0.15, 0.2) is 11.0 Å². The largest absolute Gasteiger partial charge is 0.370 e. The summed E-state index contributed by atoms with van der Waals surface area (Å²) < 4.78 is 5.03. The maximum Gasteiger partial charge on any atom is 0.245 e. The second-order valence-electron chi connectivity index (χ2n) is 3.74. The lowest BCUT2D eigenvalue weighted by atomic mass is 10.5. The molecule has 0 bridgehead atoms. The summed E-state index contributed by atoms with van der Waals surface area (Å²) in [4.78, 5) is 12.8. The lowest BCUT2D eigenvalue weighted by Gasteiger charge is -2.08. The molecule has 0 amide bonds. The van der Waals surface area contributed by atoms with Gasteiger partial charge < -0.3 is 15.2 Å². The Kier molecular flexibility index (Phi) is 4.56. The lowest BCUT2D eigenvalue weighted by molar-refractivity contribution is 0.379. The van der Waals surface area contributed by atoms with Gasteiger partial charge in [0.2, 0.25) is 5.89 Å². The van der Waals surface area contributed by atoms with E-state index in [0.29, 0.717) is 23.4 Å². The highest BCUT2D eigenvalue weighted by Crippen LogP contribution is 2.17. The molecule has 2 rings (SSSR count). The van der Waals surface area contributed by atoms with E-state index < -0.39 is 0 Å². The van der Waals surface area contributed by atoms with E-state index in [9.17, 15) is 0 Å². The Balaban J connectivity index is 2.08. The van der Waals surface area contributed by atoms with Crippen molar-refractivity contribution in [2.75, 3.05) is 23.4 Å². The Labute approximate surface area is 115 Å². The number of hydrogen-bond acceptors (Lipinski definition) is 8. The van der Waals surface area contributed by atoms with Crippen LogP contribution in [0.25, 0.3) is 0 Å². The van der Waals surface area contributed by atoms with E-state index in [2.05, 4.69) is 30.7 Å². The number of anilines is 2. The van der Waals surface area contributed by atoms with Gasteiger partial charge in [-0.25, -0.2) is 9.97 Å². The molecule has 2 heterocycles. The molecule has 8 heteroatoms. The zero-order valence-corrected chi connectivity index (χ0v) is 11.9. The van der Waals surface area contributed by atoms with Crippen LogP contribution in [0.3, 0.4) is 0 Å². The van der Waals surface area contributed by atoms with Gasteiger partial charge in [0.1, 0.15) is 11.6 Å². The van der Waals surface area contributed by atoms with Crippen LogP contribution in [0, 0.1) is 6.92 Å². The van der Waals surface area contributed by atoms with Gasteiger partial charge in [-0.1, -0.05) is 16.9 Å². The van der Waals surface area contributed by atoms with Crippen molar-refractivity contribution >= 4 is 23.4 Å². The van der Waals surface area contributed by atoms with E-state index in [1.165, 1.54) is 11.8 Å². The van der Waals surface area contributed by atoms with Crippen LogP contribution >= 0.6 is 11.8 Å². The van der Waals surface area contributed by atoms with Gasteiger partial charge in [-0.2, -0.15) is 4.98 Å². The Morgan fingerprint density at radius 1 is 1.21 bits per heavy atom. The van der Waals surface area contributed by atoms with Crippen molar-refractivity contribution in [3.05, 3.63) is 17.8 Å². The van der Waals surface area contributed by atoms with Crippen LogP contribution in [-0.2, 0) is 6.54 Å². The molecule has 0 aromatic carbocycles. The van der Waals surface area contributed by atoms with Crippen LogP contribution in [0.4, 0.5) is 11.6 Å². The molecule has 0 fully saturated rings. The quantitative estimate of drug-likeness (QED) is 0.613. The summed E-state index contributed by atoms with van der Waals surface area (Å²) in [6.07, 6.45) is 1.94. The van der Waals surface area contributed by atoms with Gasteiger partial charge in [0.25, 0.3) is 0 Å². The summed E-state index contributed by atoms with van der Waals surface area (Å²) in [5, 5.41) is 10.8. The van der Waals surface area contributed by atoms with Gasteiger partial charge in [0, 0.05) is 12.6 Å². The molecule has 0 aliphatic heterocycles. The first-order chi connectivity index (χ1) is 9.21. The first-order valence-electron chi connectivity index (χ1n) is 5.91. The predicted molar refractivity (Wildman–Crippen MR) is 74.3 cm³/mol. The van der Waals surface area contributed by atoms with E-state index in [1.54, 1.807) is 6.92 Å². The van der Waals surface area contributed by atoms with Crippen molar-refractivity contribution in [3.63, 3.8) is 0 Å². The van der Waals surface area contributed by atoms with Crippen LogP contribution in [0.15, 0.2) is 15.7 Å². The number of nitrogens with one attached hydrogen (secondary N) is 2. The van der Waals surface area contributed by atoms with Crippen molar-refractivity contribution in [2.24, 2.45) is 0 Å². The first kappa shape index (κ1) is 13.6. The number of aryl methyl sites for hydroxylation is 1. The van der Waals surface area contributed by atoms with E-state index >= 15 is 0 Å². The number of nitrogens with zero attached hydrogens (tertiary/aromatic N) is 4. The topological polar surface area (TPSA) is 88.8 Å². The Bertz CT molecular complexity index is 544. The molecule has 0 aliphatic carbocycles. The minimum atomic E-state index is 0.442. The SMILES string of the molecule is CCNc1cc(NCc2nc(C)no2)nc(SC)n1. The molecule has 0 aliphatic rings. The Hall–Kier alpha value is -1.83. The molecule has 0 saturated carbocycles. The molecule has 0 atom stereocenters. The van der Waals surface area contributed by atoms with Crippen molar-refractivity contribution in [1.82, 2.24) is 20.1 Å². The van der Waals surface area contributed by atoms with Crippen LogP contribution < -0.4 is 10.6 Å². The molecular formula is C11H16N6OS. The monoisotopic (exact) mass is 280 g/mol. The minimum absolute atomic E-state index is 0.442. The zero-order chi connectivity index (χ0) is 13.7. The average molecular weight is 280 g/mol. The molecular weight excluding hydrogens is 264 g/mol. The van der Waals surface area contributed by atoms with Gasteiger partial charge in [-0.15, -0.1) is 0 Å². The highest BCUT2D eigenvalue weighted by molar-refractivity contribution is 7.98. The predicted octanol–water partition coefficient (Wildman–Crippen LogP) is 1.93. The van der Waals surface area contributed by atoms with E-state index in [-0.39, 0.29) is 0 Å². The first-order valence-corrected chi connectivity index (χ1v) is 7.13. The van der Waals surface area contributed by atoms with E-state index in [0.717, 1.165) is 18.2 Å². The third-order valence-electron chi connectivity index (χ3n) is 2.24. The van der Waals surface area contributed by atoms with Gasteiger partial charge in [-0.3, -0.25) is 0 Å². The fourth-order valence-corrected chi connectivity index (χ4v) is 1.84. The Morgan fingerprint density at radius 3 is 2.53 bits per heavy atom. The number of hydrogen-bond donors (Lipinski definition) is 2. The van der Waals surface area contributed by atoms with Crippen LogP contribution in [0.1, 0.15) is 18.6 Å². The fourth-order valence-electron chi connectivity index (χ4n) is 1.46. The molecule has 19 heavy (non-hydrogen) atoms. The molecule has 102 valence electrons. The van der Waals surface area contributed by atoms with Crippen molar-refractivity contribution in [3.8, 4) is 0 Å². The molecule has 0 spiro atoms. The molecule has 7 nitrogen and oxygen atoms in total. The van der Waals surface area contributed by atoms with Crippen molar-refractivity contribution in [2.45, 2.75) is 25.5 Å². The highest BCUT2D eigenvalue weighted by Gasteiger charge is 2.06. The van der Waals surface area contributed by atoms with Crippen LogP contribution in [0.2, 0.25) is 0 Å². The minimum Gasteiger partial charge on any atom is -0.370 e. The highest BCUT2D eigenvalue weighted by atomic mass is 32.2. The second kappa shape index (κ2) is 6.37. The Morgan fingerprint density at radius 2 is 1.95 bits per heavy atom. The van der Waals surface area contributed by atoms with Gasteiger partial charge in [-0.05, 0) is 20.1 Å². The summed E-state index contributed by atoms with van der Waals surface area (Å²) in [7, 11) is 0. The smallest absolute Gasteiger partial charge is 0.245 e. The maximum atomic E-state index is 5.03. The number of rotatable bonds is 6. The molecule has 0 saturated heterocycles. The summed E-state index contributed by atoms with van der Waals surface area (Å²) in [5.41, 5.74) is 0.